The van der Waals surface area contributed by atoms with E-state index in [1.165, 1.54) is 0 Å². The summed E-state index contributed by atoms with van der Waals surface area (Å²) in [6.07, 6.45) is 1.92. The van der Waals surface area contributed by atoms with Crippen LogP contribution in [0.25, 0.3) is 11.5 Å². The number of hydrogen-bond donors (Lipinski definition) is 0. The molecule has 0 radical (unpaired) electrons. The lowest BCUT2D eigenvalue weighted by molar-refractivity contribution is -0.123. The van der Waals surface area contributed by atoms with Crippen molar-refractivity contribution in [1.82, 2.24) is 19.9 Å². The molecular weight excluding hydrogens is 486 g/mol. The van der Waals surface area contributed by atoms with Gasteiger partial charge in [-0.1, -0.05) is 42.8 Å². The Hall–Kier alpha value is -2.61. The Morgan fingerprint density at radius 1 is 1.17 bits per heavy atom. The number of carbonyl (C=O) groups excluding carboxylic acids is 1. The van der Waals surface area contributed by atoms with Crippen molar-refractivity contribution < 1.29 is 18.1 Å². The van der Waals surface area contributed by atoms with Crippen LogP contribution in [0.1, 0.15) is 79.8 Å². The van der Waals surface area contributed by atoms with E-state index in [9.17, 15) is 13.6 Å². The second-order valence-corrected chi connectivity index (χ2v) is 10.8. The Morgan fingerprint density at radius 3 is 2.58 bits per heavy atom. The molecule has 2 aliphatic rings. The van der Waals surface area contributed by atoms with Gasteiger partial charge < -0.3 is 9.09 Å². The fourth-order valence-corrected chi connectivity index (χ4v) is 5.32. The molecule has 0 amide bonds. The Labute approximate surface area is 216 Å². The van der Waals surface area contributed by atoms with E-state index in [0.717, 1.165) is 41.7 Å². The highest BCUT2D eigenvalue weighted by molar-refractivity contribution is 5.85. The van der Waals surface area contributed by atoms with Crippen molar-refractivity contribution in [2.75, 3.05) is 0 Å². The number of ketones is 1. The van der Waals surface area contributed by atoms with Crippen LogP contribution in [0, 0.1) is 25.7 Å². The zero-order valence-electron chi connectivity index (χ0n) is 21.1. The number of aromatic nitrogens is 4. The van der Waals surface area contributed by atoms with Gasteiger partial charge in [0.05, 0.1) is 0 Å². The first-order chi connectivity index (χ1) is 16.6. The minimum absolute atomic E-state index is 0. The molecule has 194 valence electrons. The average molecular weight is 519 g/mol. The number of alkyl halides is 2. The van der Waals surface area contributed by atoms with E-state index in [1.807, 2.05) is 42.7 Å². The summed E-state index contributed by atoms with van der Waals surface area (Å²) in [7, 11) is 0. The van der Waals surface area contributed by atoms with Crippen LogP contribution in [-0.4, -0.2) is 31.6 Å². The topological polar surface area (TPSA) is 73.8 Å². The number of Topliss-reactive ketones (excluding diaryl/α,β-unsaturated/α-hetero) is 1. The fraction of sp³-hybridized carbons (Fsp3) is 0.556. The number of halogens is 3. The molecule has 1 aromatic carbocycles. The minimum atomic E-state index is -2.91. The molecule has 0 unspecified atom stereocenters. The molecule has 6 nitrogen and oxygen atoms in total. The van der Waals surface area contributed by atoms with Crippen molar-refractivity contribution in [3.8, 4) is 11.5 Å². The second kappa shape index (κ2) is 10.0. The molecule has 0 saturated heterocycles. The lowest BCUT2D eigenvalue weighted by Crippen LogP contribution is -2.23. The summed E-state index contributed by atoms with van der Waals surface area (Å²) in [6, 6.07) is 7.90. The van der Waals surface area contributed by atoms with Crippen molar-refractivity contribution in [2.24, 2.45) is 11.8 Å². The molecule has 2 fully saturated rings. The van der Waals surface area contributed by atoms with Crippen LogP contribution in [0.15, 0.2) is 28.8 Å². The Bertz CT molecular complexity index is 1250. The van der Waals surface area contributed by atoms with Gasteiger partial charge in [-0.25, -0.2) is 8.78 Å². The molecule has 2 aliphatic carbocycles. The summed E-state index contributed by atoms with van der Waals surface area (Å²) in [5.41, 5.74) is 3.57. The maximum Gasteiger partial charge on any atom is 0.249 e. The van der Waals surface area contributed by atoms with Gasteiger partial charge in [-0.15, -0.1) is 22.6 Å². The van der Waals surface area contributed by atoms with Gasteiger partial charge in [0.1, 0.15) is 17.4 Å². The molecule has 36 heavy (non-hydrogen) atoms. The lowest BCUT2D eigenvalue weighted by atomic mass is 9.87. The zero-order chi connectivity index (χ0) is 24.9. The molecule has 0 spiro atoms. The van der Waals surface area contributed by atoms with Crippen LogP contribution in [0.3, 0.4) is 0 Å². The molecule has 5 rings (SSSR count). The average Bonchev–Trinajstić information content (AvgIpc) is 3.20. The van der Waals surface area contributed by atoms with Gasteiger partial charge in [-0.2, -0.15) is 0 Å². The van der Waals surface area contributed by atoms with Crippen LogP contribution in [0.5, 0.6) is 0 Å². The molecule has 2 heterocycles. The predicted octanol–water partition coefficient (Wildman–Crippen LogP) is 6.45. The Balaban J connectivity index is 0.00000304. The third-order valence-electron chi connectivity index (χ3n) is 7.16. The lowest BCUT2D eigenvalue weighted by Gasteiger charge is -2.19. The summed E-state index contributed by atoms with van der Waals surface area (Å²) >= 11 is 0. The van der Waals surface area contributed by atoms with E-state index >= 15 is 0 Å². The van der Waals surface area contributed by atoms with Crippen molar-refractivity contribution >= 4 is 18.2 Å². The number of hydrogen-bond acceptors (Lipinski definition) is 5. The number of aryl methyl sites for hydroxylation is 2. The molecular formula is C27H33ClF2N4O2. The summed E-state index contributed by atoms with van der Waals surface area (Å²) in [5.74, 6) is -2.35. The maximum absolute atomic E-state index is 14.7. The zero-order valence-corrected chi connectivity index (χ0v) is 21.9. The molecule has 0 N–H and O–H groups in total. The van der Waals surface area contributed by atoms with Crippen LogP contribution >= 0.6 is 12.4 Å². The van der Waals surface area contributed by atoms with Crippen LogP contribution < -0.4 is 0 Å². The minimum Gasteiger partial charge on any atom is -0.361 e. The molecule has 2 atom stereocenters. The Kier molecular flexibility index (Phi) is 7.37. The number of carbonyl (C=O) groups is 1. The van der Waals surface area contributed by atoms with Crippen LogP contribution in [0.2, 0.25) is 0 Å². The Morgan fingerprint density at radius 2 is 1.92 bits per heavy atom. The molecule has 0 bridgehead atoms. The largest absolute Gasteiger partial charge is 0.361 e. The van der Waals surface area contributed by atoms with Gasteiger partial charge in [-0.05, 0) is 43.7 Å². The normalized spacial score (nSPS) is 21.1. The summed E-state index contributed by atoms with van der Waals surface area (Å²) in [4.78, 5) is 13.4. The summed E-state index contributed by atoms with van der Waals surface area (Å²) in [5, 5.41) is 12.9. The summed E-state index contributed by atoms with van der Waals surface area (Å²) < 4.78 is 36.9. The van der Waals surface area contributed by atoms with E-state index in [2.05, 4.69) is 29.2 Å². The highest BCUT2D eigenvalue weighted by Gasteiger charge is 2.52. The number of nitrogens with zero attached hydrogens (tertiary/aromatic N) is 4. The number of benzene rings is 1. The first-order valence-electron chi connectivity index (χ1n) is 12.5. The van der Waals surface area contributed by atoms with E-state index < -0.39 is 30.6 Å². The highest BCUT2D eigenvalue weighted by atomic mass is 35.5. The van der Waals surface area contributed by atoms with Gasteiger partial charge in [0.25, 0.3) is 0 Å². The molecule has 9 heteroatoms. The fourth-order valence-electron chi connectivity index (χ4n) is 5.32. The van der Waals surface area contributed by atoms with Crippen molar-refractivity contribution in [1.29, 1.82) is 0 Å². The van der Waals surface area contributed by atoms with Crippen molar-refractivity contribution in [3.63, 3.8) is 0 Å². The van der Waals surface area contributed by atoms with E-state index in [0.29, 0.717) is 23.3 Å². The highest BCUT2D eigenvalue weighted by Crippen LogP contribution is 2.51. The van der Waals surface area contributed by atoms with E-state index in [1.54, 1.807) is 0 Å². The second-order valence-electron chi connectivity index (χ2n) is 10.8. The van der Waals surface area contributed by atoms with Crippen LogP contribution in [-0.2, 0) is 17.6 Å². The third kappa shape index (κ3) is 5.38. The van der Waals surface area contributed by atoms with Gasteiger partial charge in [0, 0.05) is 49.6 Å². The van der Waals surface area contributed by atoms with Crippen molar-refractivity contribution in [2.45, 2.75) is 84.1 Å². The molecule has 0 aliphatic heterocycles. The van der Waals surface area contributed by atoms with Crippen LogP contribution in [0.4, 0.5) is 8.78 Å². The number of rotatable bonds is 8. The predicted molar refractivity (Wildman–Crippen MR) is 135 cm³/mol. The standard InChI is InChI=1S/C27H32F2N4O2.ClH/c1-15(2)9-20-12-23(32-35-20)26-31-30-25(33(26)19-7-8-19)22-14-27(28,29)13-21(22)24(34)11-18-6-5-16(3)10-17(18)4;/h5-6,10,12,15,19,21-22H,7-9,11,13-14H2,1-4H3;1H/t21-,22-;/m0./s1. The smallest absolute Gasteiger partial charge is 0.249 e. The van der Waals surface area contributed by atoms with Gasteiger partial charge >= 0.3 is 0 Å². The molecule has 3 aromatic rings. The van der Waals surface area contributed by atoms with E-state index in [-0.39, 0.29) is 30.7 Å². The SMILES string of the molecule is Cc1ccc(CC(=O)[C@H]2CC(F)(F)C[C@@H]2c2nnc(-c3cc(CC(C)C)on3)n2C2CC2)c(C)c1.Cl. The van der Waals surface area contributed by atoms with Gasteiger partial charge in [-0.3, -0.25) is 4.79 Å². The molecule has 2 saturated carbocycles. The molecule has 2 aromatic heterocycles. The van der Waals surface area contributed by atoms with Gasteiger partial charge in [0.15, 0.2) is 11.5 Å². The first-order valence-corrected chi connectivity index (χ1v) is 12.5. The summed E-state index contributed by atoms with van der Waals surface area (Å²) in [6.45, 7) is 8.15. The maximum atomic E-state index is 14.7. The third-order valence-corrected chi connectivity index (χ3v) is 7.16. The quantitative estimate of drug-likeness (QED) is 0.343. The van der Waals surface area contributed by atoms with Crippen molar-refractivity contribution in [3.05, 3.63) is 52.5 Å². The monoisotopic (exact) mass is 518 g/mol. The first kappa shape index (κ1) is 26.5. The van der Waals surface area contributed by atoms with E-state index in [4.69, 9.17) is 4.52 Å². The van der Waals surface area contributed by atoms with Gasteiger partial charge in [0.2, 0.25) is 5.92 Å².